The van der Waals surface area contributed by atoms with Crippen molar-refractivity contribution in [2.75, 3.05) is 32.0 Å². The van der Waals surface area contributed by atoms with E-state index in [4.69, 9.17) is 28.7 Å². The Kier molecular flexibility index (Phi) is 52.1. The molecular formula is C77H121N23O34S. The maximum absolute atomic E-state index is 14.1. The number of aliphatic hydroxyl groups excluding tert-OH is 4. The third kappa shape index (κ3) is 44.7. The molecule has 0 radical (unpaired) electrons. The van der Waals surface area contributed by atoms with E-state index in [1.54, 1.807) is 0 Å². The van der Waals surface area contributed by atoms with E-state index in [1.807, 2.05) is 31.9 Å². The van der Waals surface area contributed by atoms with Crippen molar-refractivity contribution in [1.29, 1.82) is 0 Å². The molecule has 0 heterocycles. The molecule has 1 aromatic rings. The van der Waals surface area contributed by atoms with Gasteiger partial charge in [0.1, 0.15) is 96.4 Å². The number of phenols is 1. The van der Waals surface area contributed by atoms with Gasteiger partial charge in [-0.05, 0) is 82.9 Å². The van der Waals surface area contributed by atoms with Crippen molar-refractivity contribution in [1.82, 2.24) is 90.4 Å². The molecule has 0 saturated heterocycles. The molecule has 135 heavy (non-hydrogen) atoms. The number of aromatic hydroxyl groups is 1. The second kappa shape index (κ2) is 59.3. The van der Waals surface area contributed by atoms with Crippen LogP contribution in [0.25, 0.3) is 0 Å². The predicted molar refractivity (Wildman–Crippen MR) is 464 cm³/mol. The number of rotatable bonds is 63. The van der Waals surface area contributed by atoms with Crippen molar-refractivity contribution in [2.24, 2.45) is 45.5 Å². The zero-order valence-corrected chi connectivity index (χ0v) is 75.4. The van der Waals surface area contributed by atoms with Gasteiger partial charge in [-0.25, -0.2) is 4.79 Å². The first-order chi connectivity index (χ1) is 62.9. The second-order valence-corrected chi connectivity index (χ2v) is 31.5. The van der Waals surface area contributed by atoms with Crippen LogP contribution < -0.4 is 119 Å². The summed E-state index contributed by atoms with van der Waals surface area (Å²) in [5.41, 5.74) is 27.5. The Morgan fingerprint density at radius 1 is 0.378 bits per heavy atom. The first kappa shape index (κ1) is 119. The SMILES string of the molecule is CC[C@H](C)[C@H](NC(=O)CNC(=O)[C@H](CCC(=O)O)NC(=O)[C@@H](NC(=O)[C@H](CC(=O)O)NC(=O)[C@@H](NC(=O)[C@H](CC(N)=O)NC(=O)CNC(=O)[C@H](CO)NC(=O)[C@H](CCC(=O)O)NC(=O)[C@@H](N)CCCN=C(N)N)[C@@H](C)O)C(C)C)C(=O)N[C@@H](CC(=O)O)C(=O)N[C@H](C(=O)N[C@H](C(=O)N[C@@H](CC(N)=O)C(=O)N[C@@H](C)C(=O)N[C@@H](CS)C(=O)N[C@@H](Cc1ccc(O)cc1)C(=O)O)[C@@H](C)O)[C@@H](C)O. The third-order valence-electron chi connectivity index (χ3n) is 19.4. The summed E-state index contributed by atoms with van der Waals surface area (Å²) in [4.78, 5) is 320. The van der Waals surface area contributed by atoms with Gasteiger partial charge in [-0.3, -0.25) is 115 Å². The van der Waals surface area contributed by atoms with Crippen LogP contribution in [0.1, 0.15) is 132 Å². The third-order valence-corrected chi connectivity index (χ3v) is 19.8. The number of nitrogens with one attached hydrogen (secondary N) is 17. The highest BCUT2D eigenvalue weighted by atomic mass is 32.1. The molecule has 0 spiro atoms. The van der Waals surface area contributed by atoms with Crippen LogP contribution in [0.2, 0.25) is 0 Å². The molecule has 1 rings (SSSR count). The standard InChI is InChI=1S/C77H121N23O34S/c1-9-31(4)57(72(129)91-44(25-55(116)117)69(126)99-60(35(8)104)75(132)100-59(34(7)103)74(131)90-42(23-49(80)107)66(123)86-32(5)61(118)95-47(29-135)70(127)93-45(76(133)134)21-36-12-14-37(105)15-13-36)96-51(109)27-84-63(120)39(16-18-52(110)111)89-71(128)56(30(2)3)97-68(125)43(24-54(114)115)92-73(130)58(33(6)102)98-67(124)41(22-48(79)106)87-50(108)26-85-64(121)46(28-101)94-65(122)40(17-19-53(112)113)88-62(119)38(78)11-10-20-83-77(81)82/h12-15,30-35,38-47,56-60,101-105,135H,9-11,16-29,78H2,1-8H3,(H2,79,106)(H2,80,107)(H,84,120)(H,85,121)(H,86,123)(H,87,108)(H,88,119)(H,89,128)(H,90,131)(H,91,129)(H,92,130)(H,93,127)(H,94,122)(H,95,118)(H,96,109)(H,97,125)(H,98,124)(H,99,126)(H,100,132)(H,110,111)(H,112,113)(H,114,115)(H,116,117)(H,133,134)(H4,81,82,83)/t31-,32-,33+,34+,35+,38-,39-,40-,41-,42-,43-,44-,45-,46-,47-,56-,57-,58-,59-,60-/m0/s1. The lowest BCUT2D eigenvalue weighted by Gasteiger charge is -2.29. The summed E-state index contributed by atoms with van der Waals surface area (Å²) in [6.45, 7) is 5.95. The summed E-state index contributed by atoms with van der Waals surface area (Å²) in [6, 6.07) is -24.8. The Morgan fingerprint density at radius 2 is 0.726 bits per heavy atom. The molecule has 20 atom stereocenters. The molecule has 0 unspecified atom stereocenters. The number of carbonyl (C=O) groups is 24. The van der Waals surface area contributed by atoms with Gasteiger partial charge < -0.3 is 170 Å². The molecular weight excluding hydrogens is 1820 g/mol. The van der Waals surface area contributed by atoms with Gasteiger partial charge in [0.15, 0.2) is 5.96 Å². The molecule has 0 fully saturated rings. The molecule has 57 nitrogen and oxygen atoms in total. The summed E-state index contributed by atoms with van der Waals surface area (Å²) >= 11 is 4.05. The zero-order valence-electron chi connectivity index (χ0n) is 74.5. The molecule has 0 aromatic heterocycles. The van der Waals surface area contributed by atoms with E-state index in [0.29, 0.717) is 5.56 Å². The van der Waals surface area contributed by atoms with E-state index in [-0.39, 0.29) is 43.9 Å². The summed E-state index contributed by atoms with van der Waals surface area (Å²) in [7, 11) is 0. The normalized spacial score (nSPS) is 15.4. The number of benzene rings is 1. The molecule has 0 aliphatic heterocycles. The fourth-order valence-corrected chi connectivity index (χ4v) is 12.1. The molecule has 1 aromatic carbocycles. The molecule has 0 aliphatic rings. The van der Waals surface area contributed by atoms with Crippen LogP contribution in [0.15, 0.2) is 29.3 Å². The van der Waals surface area contributed by atoms with Crippen molar-refractivity contribution in [2.45, 2.75) is 247 Å². The zero-order chi connectivity index (χ0) is 103. The van der Waals surface area contributed by atoms with E-state index in [1.165, 1.54) is 52.0 Å². The highest BCUT2D eigenvalue weighted by Crippen LogP contribution is 2.16. The van der Waals surface area contributed by atoms with Crippen LogP contribution in [-0.2, 0) is 121 Å². The van der Waals surface area contributed by atoms with Gasteiger partial charge in [-0.15, -0.1) is 0 Å². The van der Waals surface area contributed by atoms with Crippen LogP contribution in [0.4, 0.5) is 0 Å². The van der Waals surface area contributed by atoms with Gasteiger partial charge in [0.25, 0.3) is 0 Å². The number of nitrogens with zero attached hydrogens (tertiary/aromatic N) is 1. The Morgan fingerprint density at radius 3 is 1.13 bits per heavy atom. The van der Waals surface area contributed by atoms with E-state index < -0.39 is 346 Å². The van der Waals surface area contributed by atoms with Crippen molar-refractivity contribution >= 4 is 161 Å². The minimum Gasteiger partial charge on any atom is -0.508 e. The van der Waals surface area contributed by atoms with E-state index in [0.717, 1.165) is 27.7 Å². The number of primary amides is 2. The first-order valence-corrected chi connectivity index (χ1v) is 42.1. The number of thiol groups is 1. The average molecular weight is 1950 g/mol. The molecule has 0 saturated carbocycles. The topological polar surface area (TPSA) is 959 Å². The summed E-state index contributed by atoms with van der Waals surface area (Å²) in [5.74, 6) is -35.7. The number of aliphatic hydroxyl groups is 4. The van der Waals surface area contributed by atoms with Gasteiger partial charge in [0, 0.05) is 31.6 Å². The van der Waals surface area contributed by atoms with Crippen molar-refractivity contribution in [3.63, 3.8) is 0 Å². The van der Waals surface area contributed by atoms with E-state index in [2.05, 4.69) is 76.1 Å². The Balaban J connectivity index is 3.37. The number of carboxylic acids is 5. The number of carbonyl (C=O) groups excluding carboxylic acids is 19. The highest BCUT2D eigenvalue weighted by molar-refractivity contribution is 7.80. The van der Waals surface area contributed by atoms with Gasteiger partial charge in [-0.1, -0.05) is 46.2 Å². The number of hydrogen-bond acceptors (Lipinski definition) is 32. The fourth-order valence-electron chi connectivity index (χ4n) is 11.8. The van der Waals surface area contributed by atoms with Gasteiger partial charge in [-0.2, -0.15) is 12.6 Å². The number of aliphatic carboxylic acids is 5. The Bertz CT molecular complexity index is 4420. The lowest BCUT2D eigenvalue weighted by Crippen LogP contribution is -2.63. The number of phenolic OH excluding ortho intramolecular Hbond substituents is 1. The fraction of sp³-hybridized carbons (Fsp3) is 0.597. The minimum atomic E-state index is -2.24. The summed E-state index contributed by atoms with van der Waals surface area (Å²) in [5, 5.41) is 136. The van der Waals surface area contributed by atoms with Crippen LogP contribution in [0.5, 0.6) is 5.75 Å². The summed E-state index contributed by atoms with van der Waals surface area (Å²) < 4.78 is 0. The number of amides is 19. The first-order valence-electron chi connectivity index (χ1n) is 41.5. The molecule has 37 N–H and O–H groups in total. The number of hydrogen-bond donors (Lipinski definition) is 33. The minimum absolute atomic E-state index is 0.0110. The largest absolute Gasteiger partial charge is 0.508 e. The van der Waals surface area contributed by atoms with Gasteiger partial charge >= 0.3 is 29.8 Å². The quantitative estimate of drug-likeness (QED) is 0.0125. The van der Waals surface area contributed by atoms with Crippen molar-refractivity contribution < 1.29 is 166 Å². The molecule has 754 valence electrons. The Hall–Kier alpha value is -14.3. The van der Waals surface area contributed by atoms with Crippen LogP contribution in [0.3, 0.4) is 0 Å². The predicted octanol–water partition coefficient (Wildman–Crippen LogP) is -14.9. The number of carboxylic acid groups (broad SMARTS) is 5. The van der Waals surface area contributed by atoms with Gasteiger partial charge in [0.2, 0.25) is 112 Å². The van der Waals surface area contributed by atoms with Crippen LogP contribution in [-0.4, -0.2) is 346 Å². The molecule has 0 aliphatic carbocycles. The number of aliphatic imine (C=N–C) groups is 1. The highest BCUT2D eigenvalue weighted by Gasteiger charge is 2.42. The van der Waals surface area contributed by atoms with Crippen LogP contribution in [0, 0.1) is 11.8 Å². The van der Waals surface area contributed by atoms with E-state index >= 15 is 0 Å². The number of nitrogens with two attached hydrogens (primary N) is 5. The lowest BCUT2D eigenvalue weighted by molar-refractivity contribution is -0.143. The maximum atomic E-state index is 14.1. The second-order valence-electron chi connectivity index (χ2n) is 31.1. The number of guanidine groups is 1. The maximum Gasteiger partial charge on any atom is 0.326 e. The lowest BCUT2D eigenvalue weighted by atomic mass is 9.97. The monoisotopic (exact) mass is 1940 g/mol. The Labute approximate surface area is 774 Å². The molecule has 19 amide bonds. The van der Waals surface area contributed by atoms with E-state index in [9.17, 15) is 166 Å². The summed E-state index contributed by atoms with van der Waals surface area (Å²) in [6.07, 6.45) is -13.6. The van der Waals surface area contributed by atoms with Crippen molar-refractivity contribution in [3.05, 3.63) is 29.8 Å². The average Bonchev–Trinajstić information content (AvgIpc) is 0.847. The van der Waals surface area contributed by atoms with Crippen molar-refractivity contribution in [3.8, 4) is 5.75 Å². The molecule has 0 bridgehead atoms. The smallest absolute Gasteiger partial charge is 0.326 e. The van der Waals surface area contributed by atoms with Crippen LogP contribution >= 0.6 is 12.6 Å². The molecule has 58 heteroatoms. The van der Waals surface area contributed by atoms with Gasteiger partial charge in [0.05, 0.1) is 69.7 Å².